The molecule has 0 aromatic rings. The summed E-state index contributed by atoms with van der Waals surface area (Å²) < 4.78 is 22.8. The van der Waals surface area contributed by atoms with Gasteiger partial charge in [-0.15, -0.1) is 0 Å². The van der Waals surface area contributed by atoms with Crippen LogP contribution < -0.4 is 5.32 Å². The smallest absolute Gasteiger partial charge is 0.387 e. The van der Waals surface area contributed by atoms with Gasteiger partial charge in [0, 0.05) is 6.42 Å². The Labute approximate surface area is 327 Å². The maximum absolute atomic E-state index is 12.9. The van der Waals surface area contributed by atoms with Crippen LogP contribution in [0.2, 0.25) is 0 Å². The number of allylic oxidation sites excluding steroid dienone is 1. The van der Waals surface area contributed by atoms with Crippen LogP contribution in [0.15, 0.2) is 12.2 Å². The van der Waals surface area contributed by atoms with E-state index in [9.17, 15) is 44.9 Å². The number of nitrogens with one attached hydrogen (secondary N) is 1. The van der Waals surface area contributed by atoms with Gasteiger partial charge in [0.15, 0.2) is 0 Å². The molecule has 1 fully saturated rings. The van der Waals surface area contributed by atoms with Gasteiger partial charge in [-0.25, -0.2) is 4.57 Å². The lowest BCUT2D eigenvalue weighted by molar-refractivity contribution is -0.220. The minimum absolute atomic E-state index is 0.218. The molecule has 0 aromatic heterocycles. The van der Waals surface area contributed by atoms with E-state index in [1.165, 1.54) is 122 Å². The summed E-state index contributed by atoms with van der Waals surface area (Å²) in [4.78, 5) is 23.3. The van der Waals surface area contributed by atoms with Crippen molar-refractivity contribution in [3.63, 3.8) is 0 Å². The molecular formula is C41H80NO11P. The zero-order valence-corrected chi connectivity index (χ0v) is 34.7. The van der Waals surface area contributed by atoms with Crippen molar-refractivity contribution in [2.24, 2.45) is 0 Å². The van der Waals surface area contributed by atoms with E-state index in [1.54, 1.807) is 0 Å². The Hall–Kier alpha value is -0.920. The van der Waals surface area contributed by atoms with Gasteiger partial charge in [-0.3, -0.25) is 13.8 Å². The van der Waals surface area contributed by atoms with Gasteiger partial charge >= 0.3 is 7.82 Å². The highest BCUT2D eigenvalue weighted by Crippen LogP contribution is 2.47. The minimum Gasteiger partial charge on any atom is -0.387 e. The van der Waals surface area contributed by atoms with Crippen molar-refractivity contribution in [2.75, 3.05) is 6.61 Å². The number of unbranched alkanes of at least 4 members (excludes halogenated alkanes) is 24. The second kappa shape index (κ2) is 32.1. The second-order valence-corrected chi connectivity index (χ2v) is 17.0. The first kappa shape index (κ1) is 51.1. The predicted molar refractivity (Wildman–Crippen MR) is 214 cm³/mol. The van der Waals surface area contributed by atoms with Crippen molar-refractivity contribution in [1.29, 1.82) is 0 Å². The lowest BCUT2D eigenvalue weighted by Gasteiger charge is -2.41. The number of aliphatic hydroxyl groups excluding tert-OH is 6. The fourth-order valence-corrected chi connectivity index (χ4v) is 7.93. The number of phosphoric acid groups is 1. The molecule has 0 saturated heterocycles. The van der Waals surface area contributed by atoms with Gasteiger partial charge in [0.05, 0.1) is 18.8 Å². The third-order valence-electron chi connectivity index (χ3n) is 10.6. The molecule has 1 aliphatic rings. The maximum Gasteiger partial charge on any atom is 0.472 e. The Morgan fingerprint density at radius 2 is 0.981 bits per heavy atom. The molecule has 6 unspecified atom stereocenters. The zero-order chi connectivity index (χ0) is 40.0. The minimum atomic E-state index is -5.07. The van der Waals surface area contributed by atoms with E-state index >= 15 is 0 Å². The molecule has 0 radical (unpaired) electrons. The lowest BCUT2D eigenvalue weighted by atomic mass is 9.85. The molecule has 0 spiro atoms. The molecule has 1 saturated carbocycles. The van der Waals surface area contributed by atoms with E-state index in [-0.39, 0.29) is 12.3 Å². The van der Waals surface area contributed by atoms with Crippen molar-refractivity contribution >= 4 is 13.7 Å². The van der Waals surface area contributed by atoms with Crippen LogP contribution in [0.4, 0.5) is 0 Å². The van der Waals surface area contributed by atoms with E-state index in [1.807, 2.05) is 6.08 Å². The Morgan fingerprint density at radius 1 is 0.611 bits per heavy atom. The summed E-state index contributed by atoms with van der Waals surface area (Å²) in [5.74, 6) is -0.341. The van der Waals surface area contributed by atoms with E-state index in [2.05, 4.69) is 19.2 Å². The van der Waals surface area contributed by atoms with Crippen molar-refractivity contribution < 1.29 is 53.9 Å². The van der Waals surface area contributed by atoms with E-state index in [4.69, 9.17) is 9.05 Å². The molecule has 1 amide bonds. The van der Waals surface area contributed by atoms with Crippen LogP contribution in [0.3, 0.4) is 0 Å². The van der Waals surface area contributed by atoms with Crippen LogP contribution in [0.5, 0.6) is 0 Å². The molecular weight excluding hydrogens is 713 g/mol. The molecule has 12 nitrogen and oxygen atoms in total. The molecule has 320 valence electrons. The van der Waals surface area contributed by atoms with E-state index < -0.39 is 63.2 Å². The number of rotatable bonds is 35. The molecule has 8 N–H and O–H groups in total. The summed E-state index contributed by atoms with van der Waals surface area (Å²) in [6.07, 6.45) is 21.6. The molecule has 54 heavy (non-hydrogen) atoms. The van der Waals surface area contributed by atoms with Gasteiger partial charge < -0.3 is 40.8 Å². The fourth-order valence-electron chi connectivity index (χ4n) is 6.96. The summed E-state index contributed by atoms with van der Waals surface area (Å²) in [7, 11) is -5.07. The second-order valence-electron chi connectivity index (χ2n) is 15.6. The summed E-state index contributed by atoms with van der Waals surface area (Å²) in [6.45, 7) is 3.79. The van der Waals surface area contributed by atoms with Gasteiger partial charge in [0.2, 0.25) is 5.91 Å². The quantitative estimate of drug-likeness (QED) is 0.0182. The maximum atomic E-state index is 12.9. The highest BCUT2D eigenvalue weighted by molar-refractivity contribution is 7.47. The number of carbonyl (C=O) groups excluding carboxylic acids is 1. The topological polar surface area (TPSA) is 206 Å². The summed E-state index contributed by atoms with van der Waals surface area (Å²) in [5, 5.41) is 63.7. The normalized spacial score (nSPS) is 24.1. The predicted octanol–water partition coefficient (Wildman–Crippen LogP) is 7.28. The van der Waals surface area contributed by atoms with E-state index in [0.29, 0.717) is 6.42 Å². The summed E-state index contributed by atoms with van der Waals surface area (Å²) in [6, 6.07) is -1.11. The SMILES string of the molecule is CCCCCCCCC/C=C/[C@@H](O)[C@H](COP(=O)(O)OC1C(O)C(O)C(O)[C@@H](O)C1O)NC(=O)CCCCCCCCCCCCCCCCCCCC. The van der Waals surface area contributed by atoms with Crippen LogP contribution in [0.1, 0.15) is 187 Å². The average Bonchev–Trinajstić information content (AvgIpc) is 3.15. The number of carbonyl (C=O) groups is 1. The van der Waals surface area contributed by atoms with Crippen LogP contribution >= 0.6 is 7.82 Å². The van der Waals surface area contributed by atoms with Crippen LogP contribution in [0, 0.1) is 0 Å². The number of hydrogen-bond donors (Lipinski definition) is 8. The molecule has 1 rings (SSSR count). The highest BCUT2D eigenvalue weighted by Gasteiger charge is 2.51. The van der Waals surface area contributed by atoms with Gasteiger partial charge in [-0.2, -0.15) is 0 Å². The summed E-state index contributed by atoms with van der Waals surface area (Å²) >= 11 is 0. The molecule has 0 aliphatic heterocycles. The lowest BCUT2D eigenvalue weighted by Crippen LogP contribution is -2.64. The Kier molecular flexibility index (Phi) is 30.4. The Bertz CT molecular complexity index is 973. The Morgan fingerprint density at radius 3 is 1.41 bits per heavy atom. The third kappa shape index (κ3) is 24.0. The van der Waals surface area contributed by atoms with Crippen LogP contribution in [-0.2, 0) is 18.4 Å². The van der Waals surface area contributed by atoms with Gasteiger partial charge in [-0.1, -0.05) is 174 Å². The van der Waals surface area contributed by atoms with Gasteiger partial charge in [0.25, 0.3) is 0 Å². The Balaban J connectivity index is 2.45. The van der Waals surface area contributed by atoms with Crippen molar-refractivity contribution in [1.82, 2.24) is 5.32 Å². The van der Waals surface area contributed by atoms with Crippen molar-refractivity contribution in [3.05, 3.63) is 12.2 Å². The third-order valence-corrected chi connectivity index (χ3v) is 11.6. The summed E-state index contributed by atoms with van der Waals surface area (Å²) in [5.41, 5.74) is 0. The van der Waals surface area contributed by atoms with Crippen LogP contribution in [-0.4, -0.2) is 96.8 Å². The number of phosphoric ester groups is 1. The molecule has 1 aliphatic carbocycles. The standard InChI is InChI=1S/C41H80NO11P/c1-3-5-7-9-11-13-14-15-16-17-18-19-20-21-23-25-27-29-31-35(44)42-33(34(43)30-28-26-24-22-12-10-8-6-4-2)32-52-54(50,51)53-41-39(48)37(46)36(45)38(47)40(41)49/h28,30,33-34,36-41,43,45-49H,3-27,29,31-32H2,1-2H3,(H,42,44)(H,50,51)/b30-28+/t33-,34+,36?,37+,38?,39?,40?,41?/m0/s1. The molecule has 13 heteroatoms. The monoisotopic (exact) mass is 794 g/mol. The van der Waals surface area contributed by atoms with Crippen LogP contribution in [0.25, 0.3) is 0 Å². The number of amides is 1. The van der Waals surface area contributed by atoms with Crippen molar-refractivity contribution in [3.8, 4) is 0 Å². The van der Waals surface area contributed by atoms with Gasteiger partial charge in [-0.05, 0) is 19.3 Å². The first-order chi connectivity index (χ1) is 25.9. The first-order valence-corrected chi connectivity index (χ1v) is 23.1. The van der Waals surface area contributed by atoms with Crippen molar-refractivity contribution in [2.45, 2.75) is 236 Å². The first-order valence-electron chi connectivity index (χ1n) is 21.6. The number of hydrogen-bond acceptors (Lipinski definition) is 10. The molecule has 0 bridgehead atoms. The molecule has 0 heterocycles. The zero-order valence-electron chi connectivity index (χ0n) is 33.8. The number of aliphatic hydroxyl groups is 6. The van der Waals surface area contributed by atoms with E-state index in [0.717, 1.165) is 44.9 Å². The molecule has 0 aromatic carbocycles. The van der Waals surface area contributed by atoms with Gasteiger partial charge in [0.1, 0.15) is 36.6 Å². The highest BCUT2D eigenvalue weighted by atomic mass is 31.2. The average molecular weight is 794 g/mol. The fraction of sp³-hybridized carbons (Fsp3) is 0.927. The largest absolute Gasteiger partial charge is 0.472 e. The molecule has 9 atom stereocenters.